The van der Waals surface area contributed by atoms with Gasteiger partial charge in [0.2, 0.25) is 0 Å². The van der Waals surface area contributed by atoms with Crippen LogP contribution in [0.25, 0.3) is 0 Å². The van der Waals surface area contributed by atoms with Gasteiger partial charge in [-0.15, -0.1) is 10.2 Å². The zero-order valence-corrected chi connectivity index (χ0v) is 21.1. The Morgan fingerprint density at radius 3 is 2.21 bits per heavy atom. The van der Waals surface area contributed by atoms with E-state index in [1.54, 1.807) is 0 Å². The molecule has 0 aliphatic carbocycles. The van der Waals surface area contributed by atoms with Crippen LogP contribution in [-0.4, -0.2) is 75.1 Å². The number of rotatable bonds is 10. The Kier molecular flexibility index (Phi) is 11.0. The smallest absolute Gasteiger partial charge is 0.481 e. The van der Waals surface area contributed by atoms with Gasteiger partial charge in [0.1, 0.15) is 0 Å². The fourth-order valence-corrected chi connectivity index (χ4v) is 5.15. The van der Waals surface area contributed by atoms with E-state index >= 15 is 0 Å². The SMILES string of the molecule is O=C(O)C(F)(F)F.O=C(O)[C@@H](CCCC1CCNCC1)[C@H](Cc1ccc(C2CCNC2)cc1)c1nn[nH]n1. The Balaban J connectivity index is 0.000000505. The minimum Gasteiger partial charge on any atom is -0.481 e. The number of aliphatic carboxylic acids is 2. The third-order valence-corrected chi connectivity index (χ3v) is 7.29. The minimum absolute atomic E-state index is 0.289. The summed E-state index contributed by atoms with van der Waals surface area (Å²) in [4.78, 5) is 21.1. The van der Waals surface area contributed by atoms with Crippen molar-refractivity contribution < 1.29 is 33.0 Å². The van der Waals surface area contributed by atoms with Gasteiger partial charge in [0.05, 0.1) is 5.92 Å². The quantitative estimate of drug-likeness (QED) is 0.306. The number of benzene rings is 1. The molecule has 1 unspecified atom stereocenters. The molecule has 1 aromatic carbocycles. The monoisotopic (exact) mass is 540 g/mol. The van der Waals surface area contributed by atoms with Gasteiger partial charge in [0.25, 0.3) is 0 Å². The highest BCUT2D eigenvalue weighted by molar-refractivity contribution is 5.73. The van der Waals surface area contributed by atoms with Crippen LogP contribution in [0, 0.1) is 11.8 Å². The molecule has 2 fully saturated rings. The summed E-state index contributed by atoms with van der Waals surface area (Å²) in [5, 5.41) is 38.5. The van der Waals surface area contributed by atoms with Gasteiger partial charge >= 0.3 is 18.1 Å². The van der Waals surface area contributed by atoms with Gasteiger partial charge in [-0.3, -0.25) is 4.79 Å². The predicted octanol–water partition coefficient (Wildman–Crippen LogP) is 3.11. The Hall–Kier alpha value is -3.06. The number of carboxylic acid groups (broad SMARTS) is 2. The fraction of sp³-hybridized carbons (Fsp3) is 0.640. The molecule has 3 heterocycles. The molecule has 4 rings (SSSR count). The van der Waals surface area contributed by atoms with Crippen LogP contribution in [0.2, 0.25) is 0 Å². The molecule has 0 saturated carbocycles. The van der Waals surface area contributed by atoms with Gasteiger partial charge < -0.3 is 20.8 Å². The van der Waals surface area contributed by atoms with Crippen LogP contribution < -0.4 is 10.6 Å². The van der Waals surface area contributed by atoms with E-state index in [1.807, 2.05) is 0 Å². The largest absolute Gasteiger partial charge is 0.490 e. The second kappa shape index (κ2) is 14.2. The molecular formula is C25H35F3N6O4. The number of aromatic nitrogens is 4. The second-order valence-corrected chi connectivity index (χ2v) is 9.88. The number of nitrogens with one attached hydrogen (secondary N) is 3. The van der Waals surface area contributed by atoms with Crippen LogP contribution in [-0.2, 0) is 16.0 Å². The summed E-state index contributed by atoms with van der Waals surface area (Å²) in [7, 11) is 0. The fourth-order valence-electron chi connectivity index (χ4n) is 5.15. The summed E-state index contributed by atoms with van der Waals surface area (Å²) >= 11 is 0. The van der Waals surface area contributed by atoms with Crippen LogP contribution in [0.5, 0.6) is 0 Å². The van der Waals surface area contributed by atoms with Crippen molar-refractivity contribution in [1.29, 1.82) is 0 Å². The minimum atomic E-state index is -5.08. The van der Waals surface area contributed by atoms with Crippen molar-refractivity contribution in [2.75, 3.05) is 26.2 Å². The molecule has 2 saturated heterocycles. The van der Waals surface area contributed by atoms with Crippen molar-refractivity contribution in [2.24, 2.45) is 11.8 Å². The van der Waals surface area contributed by atoms with Crippen molar-refractivity contribution in [3.8, 4) is 0 Å². The number of halogens is 3. The number of piperidine rings is 1. The maximum atomic E-state index is 12.2. The van der Waals surface area contributed by atoms with Crippen molar-refractivity contribution >= 4 is 11.9 Å². The molecule has 38 heavy (non-hydrogen) atoms. The molecular weight excluding hydrogens is 505 g/mol. The Labute approximate surface area is 218 Å². The standard InChI is InChI=1S/C23H34N6O2.C2HF3O2/c30-23(31)20(3-1-2-16-8-11-24-12-9-16)21(22-26-28-29-27-22)14-17-4-6-18(7-5-17)19-10-13-25-15-19;3-2(4,5)1(6)7/h4-7,16,19-21,24-25H,1-3,8-15H2,(H,30,31)(H,26,27,28,29);(H,6,7)/t19?,20-,21-;/m0./s1. The Morgan fingerprint density at radius 1 is 1.03 bits per heavy atom. The number of tetrazole rings is 1. The van der Waals surface area contributed by atoms with Gasteiger partial charge in [0.15, 0.2) is 5.82 Å². The lowest BCUT2D eigenvalue weighted by atomic mass is 9.81. The number of hydrogen-bond acceptors (Lipinski definition) is 7. The van der Waals surface area contributed by atoms with Crippen LogP contribution in [0.1, 0.15) is 67.3 Å². The van der Waals surface area contributed by atoms with E-state index in [0.717, 1.165) is 44.6 Å². The van der Waals surface area contributed by atoms with E-state index in [1.165, 1.54) is 24.8 Å². The highest BCUT2D eigenvalue weighted by atomic mass is 19.4. The molecule has 0 bridgehead atoms. The van der Waals surface area contributed by atoms with Crippen LogP contribution in [0.15, 0.2) is 24.3 Å². The Morgan fingerprint density at radius 2 is 1.68 bits per heavy atom. The first-order valence-corrected chi connectivity index (χ1v) is 12.9. The van der Waals surface area contributed by atoms with Crippen LogP contribution in [0.4, 0.5) is 13.2 Å². The van der Waals surface area contributed by atoms with E-state index < -0.39 is 24.0 Å². The van der Waals surface area contributed by atoms with E-state index in [4.69, 9.17) is 9.90 Å². The topological polar surface area (TPSA) is 153 Å². The number of aromatic amines is 1. The number of carbonyl (C=O) groups is 2. The molecule has 5 N–H and O–H groups in total. The summed E-state index contributed by atoms with van der Waals surface area (Å²) < 4.78 is 31.7. The van der Waals surface area contributed by atoms with E-state index in [0.29, 0.717) is 30.5 Å². The van der Waals surface area contributed by atoms with E-state index in [-0.39, 0.29) is 5.92 Å². The lowest BCUT2D eigenvalue weighted by Gasteiger charge is -2.25. The molecule has 2 aromatic rings. The summed E-state index contributed by atoms with van der Waals surface area (Å²) in [5.74, 6) is -2.55. The second-order valence-electron chi connectivity index (χ2n) is 9.88. The first-order chi connectivity index (χ1) is 18.1. The number of nitrogens with zero attached hydrogens (tertiary/aromatic N) is 3. The van der Waals surface area contributed by atoms with Gasteiger partial charge in [-0.1, -0.05) is 42.3 Å². The summed E-state index contributed by atoms with van der Waals surface area (Å²) in [5.41, 5.74) is 2.47. The zero-order chi connectivity index (χ0) is 27.5. The first-order valence-electron chi connectivity index (χ1n) is 12.9. The average Bonchev–Trinajstić information content (AvgIpc) is 3.61. The Bertz CT molecular complexity index is 992. The highest BCUT2D eigenvalue weighted by Crippen LogP contribution is 2.32. The normalized spacial score (nSPS) is 19.8. The van der Waals surface area contributed by atoms with Gasteiger partial charge in [-0.2, -0.15) is 18.4 Å². The lowest BCUT2D eigenvalue weighted by molar-refractivity contribution is -0.192. The average molecular weight is 541 g/mol. The number of carboxylic acids is 2. The molecule has 0 amide bonds. The highest BCUT2D eigenvalue weighted by Gasteiger charge is 2.38. The summed E-state index contributed by atoms with van der Waals surface area (Å²) in [6, 6.07) is 8.64. The molecule has 13 heteroatoms. The van der Waals surface area contributed by atoms with Gasteiger partial charge in [-0.05, 0) is 74.7 Å². The third-order valence-electron chi connectivity index (χ3n) is 7.29. The number of H-pyrrole nitrogens is 1. The first kappa shape index (κ1) is 29.5. The number of hydrogen-bond donors (Lipinski definition) is 5. The number of alkyl halides is 3. The maximum absolute atomic E-state index is 12.2. The molecule has 1 aromatic heterocycles. The van der Waals surface area contributed by atoms with Crippen molar-refractivity contribution in [3.05, 3.63) is 41.2 Å². The maximum Gasteiger partial charge on any atom is 0.490 e. The molecule has 2 aliphatic heterocycles. The van der Waals surface area contributed by atoms with Crippen molar-refractivity contribution in [1.82, 2.24) is 31.3 Å². The molecule has 0 spiro atoms. The molecule has 210 valence electrons. The third kappa shape index (κ3) is 9.05. The van der Waals surface area contributed by atoms with Crippen LogP contribution in [0.3, 0.4) is 0 Å². The molecule has 3 atom stereocenters. The van der Waals surface area contributed by atoms with E-state index in [2.05, 4.69) is 55.5 Å². The van der Waals surface area contributed by atoms with Crippen LogP contribution >= 0.6 is 0 Å². The van der Waals surface area contributed by atoms with E-state index in [9.17, 15) is 23.1 Å². The summed E-state index contributed by atoms with van der Waals surface area (Å²) in [6.07, 6.45) is 1.72. The van der Waals surface area contributed by atoms with Crippen molar-refractivity contribution in [2.45, 2.75) is 63.0 Å². The molecule has 2 aliphatic rings. The van der Waals surface area contributed by atoms with Gasteiger partial charge in [0, 0.05) is 12.5 Å². The van der Waals surface area contributed by atoms with Crippen molar-refractivity contribution in [3.63, 3.8) is 0 Å². The zero-order valence-electron chi connectivity index (χ0n) is 21.1. The molecule has 10 nitrogen and oxygen atoms in total. The lowest BCUT2D eigenvalue weighted by Crippen LogP contribution is -2.28. The predicted molar refractivity (Wildman–Crippen MR) is 132 cm³/mol. The summed E-state index contributed by atoms with van der Waals surface area (Å²) in [6.45, 7) is 4.25. The molecule has 0 radical (unpaired) electrons. The van der Waals surface area contributed by atoms with Gasteiger partial charge in [-0.25, -0.2) is 4.79 Å².